The molecular weight excluding hydrogens is 336 g/mol. The second kappa shape index (κ2) is 8.26. The summed E-state index contributed by atoms with van der Waals surface area (Å²) < 4.78 is 5.77. The Morgan fingerprint density at radius 3 is 2.40 bits per heavy atom. The van der Waals surface area contributed by atoms with Crippen molar-refractivity contribution in [1.82, 2.24) is 10.6 Å². The molecular formula is C20H25ClN2O2. The summed E-state index contributed by atoms with van der Waals surface area (Å²) in [6.45, 7) is 9.02. The highest BCUT2D eigenvalue weighted by molar-refractivity contribution is 6.30. The molecule has 2 amide bonds. The monoisotopic (exact) mass is 360 g/mol. The van der Waals surface area contributed by atoms with Gasteiger partial charge in [0.2, 0.25) is 0 Å². The lowest BCUT2D eigenvalue weighted by atomic mass is 9.85. The van der Waals surface area contributed by atoms with Crippen molar-refractivity contribution in [2.24, 2.45) is 0 Å². The van der Waals surface area contributed by atoms with E-state index in [2.05, 4.69) is 44.4 Å². The quantitative estimate of drug-likeness (QED) is 0.754. The molecule has 4 nitrogen and oxygen atoms in total. The minimum absolute atomic E-state index is 0.0296. The SMILES string of the molecule is Cc1ccc(OCNC(=O)NCc2ccc(Cl)cc2)c(C(C)(C)C)c1. The molecule has 0 spiro atoms. The van der Waals surface area contributed by atoms with Gasteiger partial charge >= 0.3 is 6.03 Å². The largest absolute Gasteiger partial charge is 0.473 e. The normalized spacial score (nSPS) is 11.1. The molecule has 2 N–H and O–H groups in total. The number of urea groups is 1. The molecule has 0 heterocycles. The summed E-state index contributed by atoms with van der Waals surface area (Å²) in [5, 5.41) is 6.17. The van der Waals surface area contributed by atoms with Crippen LogP contribution in [0.4, 0.5) is 4.79 Å². The van der Waals surface area contributed by atoms with Crippen LogP contribution >= 0.6 is 11.6 Å². The topological polar surface area (TPSA) is 50.4 Å². The average molecular weight is 361 g/mol. The van der Waals surface area contributed by atoms with Gasteiger partial charge < -0.3 is 15.4 Å². The van der Waals surface area contributed by atoms with Gasteiger partial charge in [0.25, 0.3) is 0 Å². The molecule has 2 aromatic carbocycles. The Morgan fingerprint density at radius 1 is 1.08 bits per heavy atom. The number of nitrogens with one attached hydrogen (secondary N) is 2. The molecule has 0 radical (unpaired) electrons. The van der Waals surface area contributed by atoms with E-state index in [-0.39, 0.29) is 18.2 Å². The minimum Gasteiger partial charge on any atom is -0.473 e. The molecule has 0 aliphatic carbocycles. The second-order valence-corrected chi connectivity index (χ2v) is 7.46. The van der Waals surface area contributed by atoms with E-state index in [1.54, 1.807) is 12.1 Å². The lowest BCUT2D eigenvalue weighted by molar-refractivity contribution is 0.222. The van der Waals surface area contributed by atoms with E-state index in [0.29, 0.717) is 11.6 Å². The van der Waals surface area contributed by atoms with Gasteiger partial charge in [0, 0.05) is 11.6 Å². The van der Waals surface area contributed by atoms with Crippen molar-refractivity contribution in [1.29, 1.82) is 0 Å². The highest BCUT2D eigenvalue weighted by Crippen LogP contribution is 2.31. The third-order valence-corrected chi connectivity index (χ3v) is 4.02. The fourth-order valence-corrected chi connectivity index (χ4v) is 2.51. The van der Waals surface area contributed by atoms with E-state index in [1.807, 2.05) is 24.3 Å². The first-order valence-electron chi connectivity index (χ1n) is 8.26. The number of aryl methyl sites for hydroxylation is 1. The van der Waals surface area contributed by atoms with Crippen LogP contribution in [0, 0.1) is 6.92 Å². The maximum atomic E-state index is 11.9. The molecule has 0 saturated carbocycles. The first-order valence-corrected chi connectivity index (χ1v) is 8.63. The summed E-state index contributed by atoms with van der Waals surface area (Å²) in [4.78, 5) is 11.9. The molecule has 134 valence electrons. The van der Waals surface area contributed by atoms with Crippen molar-refractivity contribution < 1.29 is 9.53 Å². The number of hydrogen-bond acceptors (Lipinski definition) is 2. The van der Waals surface area contributed by atoms with Gasteiger partial charge in [-0.3, -0.25) is 0 Å². The van der Waals surface area contributed by atoms with Crippen molar-refractivity contribution >= 4 is 17.6 Å². The molecule has 2 rings (SSSR count). The van der Waals surface area contributed by atoms with Gasteiger partial charge in [0.15, 0.2) is 6.73 Å². The summed E-state index contributed by atoms with van der Waals surface area (Å²) in [7, 11) is 0. The maximum absolute atomic E-state index is 11.9. The van der Waals surface area contributed by atoms with E-state index in [0.717, 1.165) is 16.9 Å². The fourth-order valence-electron chi connectivity index (χ4n) is 2.38. The summed E-state index contributed by atoms with van der Waals surface area (Å²) in [6, 6.07) is 13.1. The molecule has 25 heavy (non-hydrogen) atoms. The number of amides is 2. The molecule has 0 atom stereocenters. The van der Waals surface area contributed by atoms with Gasteiger partial charge in [-0.1, -0.05) is 62.2 Å². The Kier molecular flexibility index (Phi) is 6.32. The van der Waals surface area contributed by atoms with Crippen LogP contribution in [0.15, 0.2) is 42.5 Å². The van der Waals surface area contributed by atoms with Crippen molar-refractivity contribution in [3.63, 3.8) is 0 Å². The van der Waals surface area contributed by atoms with Gasteiger partial charge in [-0.2, -0.15) is 0 Å². The zero-order valence-electron chi connectivity index (χ0n) is 15.2. The Labute approximate surface area is 154 Å². The molecule has 0 fully saturated rings. The highest BCUT2D eigenvalue weighted by atomic mass is 35.5. The van der Waals surface area contributed by atoms with E-state index in [9.17, 15) is 4.79 Å². The number of benzene rings is 2. The minimum atomic E-state index is -0.278. The van der Waals surface area contributed by atoms with Crippen LogP contribution in [-0.4, -0.2) is 12.8 Å². The molecule has 0 saturated heterocycles. The smallest absolute Gasteiger partial charge is 0.317 e. The summed E-state index contributed by atoms with van der Waals surface area (Å²) in [5.74, 6) is 0.788. The maximum Gasteiger partial charge on any atom is 0.317 e. The number of hydrogen-bond donors (Lipinski definition) is 2. The van der Waals surface area contributed by atoms with Crippen molar-refractivity contribution in [3.05, 3.63) is 64.2 Å². The van der Waals surface area contributed by atoms with Gasteiger partial charge in [0.05, 0.1) is 0 Å². The van der Waals surface area contributed by atoms with Gasteiger partial charge in [-0.15, -0.1) is 0 Å². The van der Waals surface area contributed by atoms with Crippen molar-refractivity contribution in [2.75, 3.05) is 6.73 Å². The van der Waals surface area contributed by atoms with Crippen molar-refractivity contribution in [3.8, 4) is 5.75 Å². The van der Waals surface area contributed by atoms with E-state index < -0.39 is 0 Å². The Hall–Kier alpha value is -2.20. The van der Waals surface area contributed by atoms with Crippen LogP contribution in [0.3, 0.4) is 0 Å². The van der Waals surface area contributed by atoms with Crippen LogP contribution in [0.5, 0.6) is 5.75 Å². The molecule has 0 bridgehead atoms. The van der Waals surface area contributed by atoms with E-state index in [4.69, 9.17) is 16.3 Å². The Morgan fingerprint density at radius 2 is 1.76 bits per heavy atom. The highest BCUT2D eigenvalue weighted by Gasteiger charge is 2.19. The second-order valence-electron chi connectivity index (χ2n) is 7.02. The lowest BCUT2D eigenvalue weighted by Crippen LogP contribution is -2.37. The average Bonchev–Trinajstić information content (AvgIpc) is 2.55. The van der Waals surface area contributed by atoms with Crippen LogP contribution < -0.4 is 15.4 Å². The molecule has 0 aliphatic rings. The molecule has 5 heteroatoms. The van der Waals surface area contributed by atoms with Crippen LogP contribution in [0.1, 0.15) is 37.5 Å². The van der Waals surface area contributed by atoms with Crippen LogP contribution in [0.2, 0.25) is 5.02 Å². The number of carbonyl (C=O) groups is 1. The number of halogens is 1. The third-order valence-electron chi connectivity index (χ3n) is 3.77. The van der Waals surface area contributed by atoms with Crippen LogP contribution in [0.25, 0.3) is 0 Å². The summed E-state index contributed by atoms with van der Waals surface area (Å²) in [6.07, 6.45) is 0. The zero-order chi connectivity index (χ0) is 18.4. The predicted molar refractivity (Wildman–Crippen MR) is 102 cm³/mol. The fraction of sp³-hybridized carbons (Fsp3) is 0.350. The summed E-state index contributed by atoms with van der Waals surface area (Å²) >= 11 is 5.84. The number of rotatable bonds is 5. The van der Waals surface area contributed by atoms with E-state index in [1.165, 1.54) is 5.56 Å². The molecule has 2 aromatic rings. The molecule has 0 aliphatic heterocycles. The zero-order valence-corrected chi connectivity index (χ0v) is 15.9. The molecule has 0 unspecified atom stereocenters. The Bertz CT molecular complexity index is 721. The number of carbonyl (C=O) groups excluding carboxylic acids is 1. The first kappa shape index (κ1) is 19.1. The first-order chi connectivity index (χ1) is 11.8. The van der Waals surface area contributed by atoms with Crippen LogP contribution in [-0.2, 0) is 12.0 Å². The number of ether oxygens (including phenoxy) is 1. The van der Waals surface area contributed by atoms with Gasteiger partial charge in [-0.05, 0) is 41.7 Å². The van der Waals surface area contributed by atoms with Gasteiger partial charge in [-0.25, -0.2) is 4.79 Å². The van der Waals surface area contributed by atoms with Crippen molar-refractivity contribution in [2.45, 2.75) is 39.7 Å². The summed E-state index contributed by atoms with van der Waals surface area (Å²) in [5.41, 5.74) is 3.26. The predicted octanol–water partition coefficient (Wildman–Crippen LogP) is 4.78. The standard InChI is InChI=1S/C20H25ClN2O2/c1-14-5-10-18(17(11-14)20(2,3)4)25-13-23-19(24)22-12-15-6-8-16(21)9-7-15/h5-11H,12-13H2,1-4H3,(H2,22,23,24). The Balaban J connectivity index is 1.84. The third kappa shape index (κ3) is 5.98. The van der Waals surface area contributed by atoms with Gasteiger partial charge in [0.1, 0.15) is 5.75 Å². The molecule has 0 aromatic heterocycles. The van der Waals surface area contributed by atoms with E-state index >= 15 is 0 Å². The lowest BCUT2D eigenvalue weighted by Gasteiger charge is -2.23.